The van der Waals surface area contributed by atoms with Crippen molar-refractivity contribution in [2.24, 2.45) is 0 Å². The normalized spacial score (nSPS) is 12.9. The third-order valence-electron chi connectivity index (χ3n) is 1.84. The molecule has 1 rings (SSSR count). The van der Waals surface area contributed by atoms with Crippen molar-refractivity contribution in [3.8, 4) is 0 Å². The lowest BCUT2D eigenvalue weighted by molar-refractivity contribution is -0.132. The van der Waals surface area contributed by atoms with Crippen LogP contribution in [0.2, 0.25) is 0 Å². The number of rotatable bonds is 5. The highest BCUT2D eigenvalue weighted by Gasteiger charge is 2.28. The van der Waals surface area contributed by atoms with Crippen LogP contribution in [-0.2, 0) is 16.6 Å². The Kier molecular flexibility index (Phi) is 4.53. The van der Waals surface area contributed by atoms with E-state index in [1.54, 1.807) is 0 Å². The van der Waals surface area contributed by atoms with Crippen molar-refractivity contribution in [1.29, 1.82) is 0 Å². The average molecular weight is 289 g/mol. The summed E-state index contributed by atoms with van der Waals surface area (Å²) in [5, 5.41) is 10.3. The zero-order chi connectivity index (χ0) is 13.1. The van der Waals surface area contributed by atoms with Gasteiger partial charge in [-0.1, -0.05) is 0 Å². The Balaban J connectivity index is 2.70. The van der Waals surface area contributed by atoms with Crippen LogP contribution in [0.3, 0.4) is 0 Å². The first kappa shape index (κ1) is 14.4. The minimum absolute atomic E-state index is 0.174. The predicted octanol–water partition coefficient (Wildman–Crippen LogP) is 1.47. The Labute approximate surface area is 100 Å². The topological polar surface area (TPSA) is 66.4 Å². The smallest absolute Gasteiger partial charge is 0.390 e. The van der Waals surface area contributed by atoms with E-state index in [1.165, 1.54) is 11.4 Å². The van der Waals surface area contributed by atoms with Gasteiger partial charge in [0.2, 0.25) is 10.0 Å². The molecular weight excluding hydrogens is 279 g/mol. The van der Waals surface area contributed by atoms with Gasteiger partial charge in [-0.2, -0.15) is 13.2 Å². The van der Waals surface area contributed by atoms with Crippen molar-refractivity contribution in [3.63, 3.8) is 0 Å². The van der Waals surface area contributed by atoms with Gasteiger partial charge in [-0.15, -0.1) is 11.3 Å². The number of aliphatic hydroxyl groups excluding tert-OH is 1. The van der Waals surface area contributed by atoms with Crippen LogP contribution in [0.1, 0.15) is 11.3 Å². The van der Waals surface area contributed by atoms with Gasteiger partial charge in [-0.05, 0) is 11.4 Å². The fraction of sp³-hybridized carbons (Fsp3) is 0.500. The highest BCUT2D eigenvalue weighted by molar-refractivity contribution is 7.89. The Hall–Kier alpha value is -0.640. The van der Waals surface area contributed by atoms with Crippen molar-refractivity contribution in [2.45, 2.75) is 24.1 Å². The minimum Gasteiger partial charge on any atom is -0.391 e. The molecule has 98 valence electrons. The van der Waals surface area contributed by atoms with E-state index in [0.717, 1.165) is 11.3 Å². The maximum atomic E-state index is 11.8. The number of aliphatic hydroxyl groups is 1. The Morgan fingerprint density at radius 1 is 1.41 bits per heavy atom. The zero-order valence-corrected chi connectivity index (χ0v) is 10.1. The lowest BCUT2D eigenvalue weighted by Crippen LogP contribution is -2.28. The molecule has 17 heavy (non-hydrogen) atoms. The van der Waals surface area contributed by atoms with Gasteiger partial charge >= 0.3 is 6.18 Å². The second-order valence-electron chi connectivity index (χ2n) is 3.13. The zero-order valence-electron chi connectivity index (χ0n) is 8.49. The average Bonchev–Trinajstić information content (AvgIpc) is 2.63. The number of hydrogen-bond donors (Lipinski definition) is 2. The molecule has 9 heteroatoms. The lowest BCUT2D eigenvalue weighted by atomic mass is 10.4. The molecule has 0 aliphatic carbocycles. The standard InChI is InChI=1S/C8H10F3NO3S2/c9-8(10,11)2-3-12-17(14,15)7-1-4-16-6(7)5-13/h1,4,12-13H,2-3,5H2. The molecule has 1 aromatic rings. The quantitative estimate of drug-likeness (QED) is 0.862. The molecule has 0 aliphatic rings. The van der Waals surface area contributed by atoms with E-state index in [9.17, 15) is 21.6 Å². The summed E-state index contributed by atoms with van der Waals surface area (Å²) >= 11 is 1.02. The minimum atomic E-state index is -4.41. The molecule has 0 radical (unpaired) electrons. The number of sulfonamides is 1. The summed E-state index contributed by atoms with van der Waals surface area (Å²) in [6.45, 7) is -1.18. The van der Waals surface area contributed by atoms with Gasteiger partial charge < -0.3 is 5.11 Å². The summed E-state index contributed by atoms with van der Waals surface area (Å²) in [5.41, 5.74) is 0. The van der Waals surface area contributed by atoms with Gasteiger partial charge in [0.15, 0.2) is 0 Å². The molecule has 4 nitrogen and oxygen atoms in total. The van der Waals surface area contributed by atoms with Crippen molar-refractivity contribution in [2.75, 3.05) is 6.54 Å². The molecule has 0 amide bonds. The van der Waals surface area contributed by atoms with Gasteiger partial charge in [0.05, 0.1) is 17.9 Å². The van der Waals surface area contributed by atoms with E-state index < -0.39 is 35.8 Å². The monoisotopic (exact) mass is 289 g/mol. The predicted molar refractivity (Wildman–Crippen MR) is 56.1 cm³/mol. The Bertz CT molecular complexity index is 467. The molecule has 2 N–H and O–H groups in total. The van der Waals surface area contributed by atoms with E-state index in [-0.39, 0.29) is 9.77 Å². The van der Waals surface area contributed by atoms with E-state index in [2.05, 4.69) is 0 Å². The maximum absolute atomic E-state index is 11.8. The molecule has 1 heterocycles. The molecule has 0 saturated carbocycles. The molecule has 0 unspecified atom stereocenters. The second kappa shape index (κ2) is 5.34. The highest BCUT2D eigenvalue weighted by Crippen LogP contribution is 2.22. The first-order valence-electron chi connectivity index (χ1n) is 4.50. The van der Waals surface area contributed by atoms with Gasteiger partial charge in [-0.3, -0.25) is 0 Å². The third kappa shape index (κ3) is 4.26. The number of hydrogen-bond acceptors (Lipinski definition) is 4. The molecule has 1 aromatic heterocycles. The number of halogens is 3. The summed E-state index contributed by atoms with van der Waals surface area (Å²) in [6, 6.07) is 1.24. The largest absolute Gasteiger partial charge is 0.391 e. The number of nitrogens with one attached hydrogen (secondary N) is 1. The second-order valence-corrected chi connectivity index (χ2v) is 5.87. The van der Waals surface area contributed by atoms with Crippen LogP contribution in [-0.4, -0.2) is 26.2 Å². The highest BCUT2D eigenvalue weighted by atomic mass is 32.2. The molecule has 0 aliphatic heterocycles. The summed E-state index contributed by atoms with van der Waals surface area (Å²) in [7, 11) is -3.98. The van der Waals surface area contributed by atoms with Crippen molar-refractivity contribution >= 4 is 21.4 Å². The SMILES string of the molecule is O=S(=O)(NCCC(F)(F)F)c1ccsc1CO. The van der Waals surface area contributed by atoms with Crippen molar-refractivity contribution < 1.29 is 26.7 Å². The van der Waals surface area contributed by atoms with Crippen molar-refractivity contribution in [1.82, 2.24) is 4.72 Å². The van der Waals surface area contributed by atoms with Crippen LogP contribution in [0.15, 0.2) is 16.3 Å². The van der Waals surface area contributed by atoms with Crippen LogP contribution in [0, 0.1) is 0 Å². The fourth-order valence-corrected chi connectivity index (χ4v) is 3.41. The molecule has 0 bridgehead atoms. The Morgan fingerprint density at radius 3 is 2.59 bits per heavy atom. The first-order chi connectivity index (χ1) is 7.76. The summed E-state index contributed by atoms with van der Waals surface area (Å²) < 4.78 is 60.5. The van der Waals surface area contributed by atoms with Crippen LogP contribution in [0.5, 0.6) is 0 Å². The van der Waals surface area contributed by atoms with Gasteiger partial charge in [-0.25, -0.2) is 13.1 Å². The summed E-state index contributed by atoms with van der Waals surface area (Å²) in [4.78, 5) is 0.0247. The lowest BCUT2D eigenvalue weighted by Gasteiger charge is -2.08. The Morgan fingerprint density at radius 2 is 2.06 bits per heavy atom. The van der Waals surface area contributed by atoms with Crippen LogP contribution in [0.25, 0.3) is 0 Å². The van der Waals surface area contributed by atoms with Gasteiger partial charge in [0, 0.05) is 11.4 Å². The van der Waals surface area contributed by atoms with E-state index in [1.807, 2.05) is 4.72 Å². The molecule has 0 spiro atoms. The van der Waals surface area contributed by atoms with Crippen LogP contribution >= 0.6 is 11.3 Å². The number of thiophene rings is 1. The van der Waals surface area contributed by atoms with E-state index in [0.29, 0.717) is 0 Å². The van der Waals surface area contributed by atoms with Crippen LogP contribution < -0.4 is 4.72 Å². The molecule has 0 atom stereocenters. The third-order valence-corrected chi connectivity index (χ3v) is 4.42. The summed E-state index contributed by atoms with van der Waals surface area (Å²) in [5.74, 6) is 0. The molecular formula is C8H10F3NO3S2. The van der Waals surface area contributed by atoms with E-state index in [4.69, 9.17) is 5.11 Å². The first-order valence-corrected chi connectivity index (χ1v) is 6.86. The maximum Gasteiger partial charge on any atom is 0.390 e. The summed E-state index contributed by atoms with van der Waals surface area (Å²) in [6.07, 6.45) is -5.64. The van der Waals surface area contributed by atoms with Gasteiger partial charge in [0.25, 0.3) is 0 Å². The molecule has 0 aromatic carbocycles. The van der Waals surface area contributed by atoms with Crippen LogP contribution in [0.4, 0.5) is 13.2 Å². The fourth-order valence-electron chi connectivity index (χ4n) is 1.09. The molecule has 0 fully saturated rings. The van der Waals surface area contributed by atoms with Gasteiger partial charge in [0.1, 0.15) is 0 Å². The number of alkyl halides is 3. The van der Waals surface area contributed by atoms with E-state index >= 15 is 0 Å². The van der Waals surface area contributed by atoms with Crippen molar-refractivity contribution in [3.05, 3.63) is 16.3 Å². The molecule has 0 saturated heterocycles.